The van der Waals surface area contributed by atoms with Crippen molar-refractivity contribution >= 4 is 17.5 Å². The van der Waals surface area contributed by atoms with E-state index in [9.17, 15) is 9.59 Å². The van der Waals surface area contributed by atoms with Gasteiger partial charge >= 0.3 is 0 Å². The fourth-order valence-electron chi connectivity index (χ4n) is 2.46. The number of nitrogens with zero attached hydrogens (tertiary/aromatic N) is 1. The maximum atomic E-state index is 12.6. The zero-order valence-electron chi connectivity index (χ0n) is 15.9. The normalized spacial score (nSPS) is 10.1. The highest BCUT2D eigenvalue weighted by atomic mass is 16.5. The van der Waals surface area contributed by atoms with Gasteiger partial charge in [0.05, 0.1) is 27.4 Å². The molecule has 144 valence electrons. The molecule has 2 aromatic carbocycles. The molecule has 2 aromatic rings. The Morgan fingerprint density at radius 2 is 1.70 bits per heavy atom. The lowest BCUT2D eigenvalue weighted by Crippen LogP contribution is -2.34. The molecule has 0 unspecified atom stereocenters. The van der Waals surface area contributed by atoms with E-state index in [1.54, 1.807) is 56.6 Å². The van der Waals surface area contributed by atoms with E-state index in [0.717, 1.165) is 0 Å². The molecule has 2 rings (SSSR count). The van der Waals surface area contributed by atoms with Crippen molar-refractivity contribution in [1.82, 2.24) is 4.90 Å². The number of benzene rings is 2. The Morgan fingerprint density at radius 1 is 1.00 bits per heavy atom. The summed E-state index contributed by atoms with van der Waals surface area (Å²) in [5, 5.41) is 2.75. The third kappa shape index (κ3) is 5.37. The smallest absolute Gasteiger partial charge is 0.254 e. The minimum atomic E-state index is -0.297. The van der Waals surface area contributed by atoms with Crippen LogP contribution in [0.2, 0.25) is 0 Å². The van der Waals surface area contributed by atoms with E-state index in [0.29, 0.717) is 35.1 Å². The number of nitrogens with one attached hydrogen (secondary N) is 1. The molecule has 0 aliphatic carbocycles. The largest absolute Gasteiger partial charge is 0.497 e. The molecular weight excluding hydrogens is 348 g/mol. The number of carbonyl (C=O) groups is 2. The van der Waals surface area contributed by atoms with E-state index in [1.807, 2.05) is 6.92 Å². The van der Waals surface area contributed by atoms with Crippen molar-refractivity contribution in [3.8, 4) is 17.2 Å². The number of anilines is 1. The van der Waals surface area contributed by atoms with Gasteiger partial charge in [-0.1, -0.05) is 0 Å². The van der Waals surface area contributed by atoms with Crippen molar-refractivity contribution in [3.63, 3.8) is 0 Å². The second-order valence-corrected chi connectivity index (χ2v) is 5.74. The van der Waals surface area contributed by atoms with Crippen LogP contribution in [0, 0.1) is 0 Å². The summed E-state index contributed by atoms with van der Waals surface area (Å²) in [6.45, 7) is 2.28. The third-order valence-electron chi connectivity index (χ3n) is 3.81. The molecule has 2 amide bonds. The van der Waals surface area contributed by atoms with E-state index in [-0.39, 0.29) is 18.4 Å². The Kier molecular flexibility index (Phi) is 7.05. The van der Waals surface area contributed by atoms with Crippen LogP contribution in [0.25, 0.3) is 0 Å². The van der Waals surface area contributed by atoms with Crippen LogP contribution >= 0.6 is 0 Å². The number of rotatable bonds is 8. The van der Waals surface area contributed by atoms with Gasteiger partial charge in [-0.15, -0.1) is 0 Å². The quantitative estimate of drug-likeness (QED) is 0.771. The first-order valence-corrected chi connectivity index (χ1v) is 8.48. The fourth-order valence-corrected chi connectivity index (χ4v) is 2.46. The lowest BCUT2D eigenvalue weighted by atomic mass is 10.1. The Hall–Kier alpha value is -3.22. The number of methoxy groups -OCH3 is 2. The molecular formula is C20H24N2O5. The predicted octanol–water partition coefficient (Wildman–Crippen LogP) is 2.81. The number of amides is 2. The van der Waals surface area contributed by atoms with Crippen LogP contribution in [0.3, 0.4) is 0 Å². The molecule has 0 spiro atoms. The molecule has 0 heterocycles. The van der Waals surface area contributed by atoms with Crippen LogP contribution in [0.4, 0.5) is 5.69 Å². The summed E-state index contributed by atoms with van der Waals surface area (Å²) < 4.78 is 15.8. The van der Waals surface area contributed by atoms with Gasteiger partial charge in [0.15, 0.2) is 11.5 Å². The lowest BCUT2D eigenvalue weighted by molar-refractivity contribution is -0.116. The van der Waals surface area contributed by atoms with Gasteiger partial charge in [-0.05, 0) is 49.4 Å². The summed E-state index contributed by atoms with van der Waals surface area (Å²) in [7, 11) is 4.65. The summed E-state index contributed by atoms with van der Waals surface area (Å²) in [5.74, 6) is 1.15. The van der Waals surface area contributed by atoms with Gasteiger partial charge in [0, 0.05) is 18.3 Å². The molecule has 7 nitrogen and oxygen atoms in total. The molecule has 7 heteroatoms. The zero-order valence-corrected chi connectivity index (χ0v) is 15.9. The van der Waals surface area contributed by atoms with Gasteiger partial charge in [-0.25, -0.2) is 0 Å². The van der Waals surface area contributed by atoms with E-state index < -0.39 is 0 Å². The number of hydrogen-bond acceptors (Lipinski definition) is 5. The summed E-state index contributed by atoms with van der Waals surface area (Å²) in [5.41, 5.74) is 1.04. The van der Waals surface area contributed by atoms with Crippen LogP contribution in [0.15, 0.2) is 42.5 Å². The van der Waals surface area contributed by atoms with Crippen molar-refractivity contribution < 1.29 is 23.8 Å². The standard InChI is InChI=1S/C20H24N2O5/c1-5-27-17-11-6-14(12-18(17)26-4)20(24)22(2)13-19(23)21-15-7-9-16(25-3)10-8-15/h6-12H,5,13H2,1-4H3,(H,21,23). The van der Waals surface area contributed by atoms with Crippen molar-refractivity contribution in [2.75, 3.05) is 39.7 Å². The van der Waals surface area contributed by atoms with Gasteiger partial charge in [0.2, 0.25) is 5.91 Å². The van der Waals surface area contributed by atoms with E-state index in [2.05, 4.69) is 5.32 Å². The van der Waals surface area contributed by atoms with Gasteiger partial charge in [0.25, 0.3) is 5.91 Å². The summed E-state index contributed by atoms with van der Waals surface area (Å²) in [6.07, 6.45) is 0. The van der Waals surface area contributed by atoms with Gasteiger partial charge < -0.3 is 24.4 Å². The van der Waals surface area contributed by atoms with Crippen molar-refractivity contribution in [2.45, 2.75) is 6.92 Å². The van der Waals surface area contributed by atoms with Crippen molar-refractivity contribution in [1.29, 1.82) is 0 Å². The number of carbonyl (C=O) groups excluding carboxylic acids is 2. The molecule has 0 aromatic heterocycles. The molecule has 0 saturated heterocycles. The third-order valence-corrected chi connectivity index (χ3v) is 3.81. The molecule has 1 N–H and O–H groups in total. The van der Waals surface area contributed by atoms with Gasteiger partial charge in [-0.2, -0.15) is 0 Å². The molecule has 0 radical (unpaired) electrons. The summed E-state index contributed by atoms with van der Waals surface area (Å²) in [4.78, 5) is 26.1. The number of likely N-dealkylation sites (N-methyl/N-ethyl adjacent to an activating group) is 1. The lowest BCUT2D eigenvalue weighted by Gasteiger charge is -2.18. The molecule has 0 saturated carbocycles. The van der Waals surface area contributed by atoms with Crippen LogP contribution in [-0.4, -0.2) is 51.1 Å². The van der Waals surface area contributed by atoms with E-state index in [4.69, 9.17) is 14.2 Å². The highest BCUT2D eigenvalue weighted by Crippen LogP contribution is 2.28. The van der Waals surface area contributed by atoms with E-state index in [1.165, 1.54) is 12.0 Å². The van der Waals surface area contributed by atoms with Crippen LogP contribution in [0.5, 0.6) is 17.2 Å². The second-order valence-electron chi connectivity index (χ2n) is 5.74. The Labute approximate surface area is 158 Å². The maximum Gasteiger partial charge on any atom is 0.254 e. The second kappa shape index (κ2) is 9.47. The average molecular weight is 372 g/mol. The Morgan fingerprint density at radius 3 is 2.30 bits per heavy atom. The van der Waals surface area contributed by atoms with Gasteiger partial charge in [0.1, 0.15) is 5.75 Å². The minimum Gasteiger partial charge on any atom is -0.497 e. The van der Waals surface area contributed by atoms with Crippen LogP contribution in [-0.2, 0) is 4.79 Å². The molecule has 0 atom stereocenters. The monoisotopic (exact) mass is 372 g/mol. The van der Waals surface area contributed by atoms with E-state index >= 15 is 0 Å². The average Bonchev–Trinajstić information content (AvgIpc) is 2.68. The van der Waals surface area contributed by atoms with Crippen molar-refractivity contribution in [3.05, 3.63) is 48.0 Å². The summed E-state index contributed by atoms with van der Waals surface area (Å²) in [6, 6.07) is 11.9. The first-order chi connectivity index (χ1) is 13.0. The molecule has 0 fully saturated rings. The predicted molar refractivity (Wildman–Crippen MR) is 103 cm³/mol. The van der Waals surface area contributed by atoms with Crippen molar-refractivity contribution in [2.24, 2.45) is 0 Å². The molecule has 0 aliphatic heterocycles. The highest BCUT2D eigenvalue weighted by molar-refractivity contribution is 5.99. The molecule has 0 bridgehead atoms. The van der Waals surface area contributed by atoms with Gasteiger partial charge in [-0.3, -0.25) is 9.59 Å². The zero-order chi connectivity index (χ0) is 19.8. The Balaban J connectivity index is 2.00. The topological polar surface area (TPSA) is 77.1 Å². The first-order valence-electron chi connectivity index (χ1n) is 8.48. The highest BCUT2D eigenvalue weighted by Gasteiger charge is 2.17. The molecule has 27 heavy (non-hydrogen) atoms. The SMILES string of the molecule is CCOc1ccc(C(=O)N(C)CC(=O)Nc2ccc(OC)cc2)cc1OC. The summed E-state index contributed by atoms with van der Waals surface area (Å²) >= 11 is 0. The van der Waals surface area contributed by atoms with Crippen LogP contribution < -0.4 is 19.5 Å². The number of ether oxygens (including phenoxy) is 3. The maximum absolute atomic E-state index is 12.6. The first kappa shape index (κ1) is 20.1. The van der Waals surface area contributed by atoms with Crippen LogP contribution in [0.1, 0.15) is 17.3 Å². The molecule has 0 aliphatic rings. The fraction of sp³-hybridized carbons (Fsp3) is 0.300. The minimum absolute atomic E-state index is 0.0829. The Bertz CT molecular complexity index is 789. The number of hydrogen-bond donors (Lipinski definition) is 1.